The Bertz CT molecular complexity index is 1020. The number of aliphatic hydroxyl groups is 7. The number of hydrogen-bond acceptors (Lipinski definition) is 13. The fourth-order valence-corrected chi connectivity index (χ4v) is 6.32. The topological polar surface area (TPSA) is 233 Å². The molecular formula is C40H74O14. The fraction of sp³-hybridized carbons (Fsp3) is 0.900. The molecule has 2 aliphatic heterocycles. The highest BCUT2D eigenvalue weighted by molar-refractivity contribution is 5.69. The molecule has 54 heavy (non-hydrogen) atoms. The maximum absolute atomic E-state index is 12.4. The summed E-state index contributed by atoms with van der Waals surface area (Å²) in [5.74, 6) is -3.52. The second kappa shape index (κ2) is 27.8. The van der Waals surface area contributed by atoms with E-state index in [4.69, 9.17) is 24.1 Å². The highest BCUT2D eigenvalue weighted by Gasteiger charge is 2.59. The van der Waals surface area contributed by atoms with Gasteiger partial charge in [0.2, 0.25) is 5.79 Å². The molecule has 2 fully saturated rings. The molecule has 0 aliphatic carbocycles. The van der Waals surface area contributed by atoms with Gasteiger partial charge < -0.3 is 59.8 Å². The van der Waals surface area contributed by atoms with Crippen LogP contribution < -0.4 is 0 Å². The van der Waals surface area contributed by atoms with Crippen LogP contribution in [-0.2, 0) is 28.5 Å². The molecule has 0 unspecified atom stereocenters. The summed E-state index contributed by atoms with van der Waals surface area (Å²) in [6, 6.07) is 0. The van der Waals surface area contributed by atoms with E-state index in [1.165, 1.54) is 44.9 Å². The van der Waals surface area contributed by atoms with E-state index in [0.717, 1.165) is 57.8 Å². The first kappa shape index (κ1) is 50.3. The molecular weight excluding hydrogens is 704 g/mol. The van der Waals surface area contributed by atoms with Gasteiger partial charge in [-0.2, -0.15) is 0 Å². The summed E-state index contributed by atoms with van der Waals surface area (Å²) >= 11 is 0. The summed E-state index contributed by atoms with van der Waals surface area (Å²) in [4.78, 5) is 22.6. The van der Waals surface area contributed by atoms with E-state index in [2.05, 4.69) is 39.8 Å². The standard InChI is InChI=1S/C30H54O12.C10H20O2/c1-2-3-4-5-6-7-8-9-10-11-12-13-14-15-16-17-23(33)39-20-30(28(38)25(35)22(19-32)41-30)42-29-27(37)26(36)24(34)21(18-31)40-29;1-10(2,3)8-6-4-5-7-9(11)12/h9-10,21-22,24-29,31-32,34-38H,2-8,11-20H2,1H3;4-8H2,1-3H3,(H,11,12)/b10-9-;/t21-,22-,24-,25-,26+,27-,28+,29-,30+;/m1./s1. The molecule has 0 saturated carbocycles. The van der Waals surface area contributed by atoms with Crippen molar-refractivity contribution in [1.82, 2.24) is 0 Å². The maximum Gasteiger partial charge on any atom is 0.305 e. The first-order chi connectivity index (χ1) is 25.6. The third-order valence-electron chi connectivity index (χ3n) is 9.74. The van der Waals surface area contributed by atoms with Gasteiger partial charge in [-0.05, 0) is 50.4 Å². The molecule has 2 aliphatic rings. The summed E-state index contributed by atoms with van der Waals surface area (Å²) in [5, 5.41) is 78.8. The number of carbonyl (C=O) groups is 2. The first-order valence-electron chi connectivity index (χ1n) is 20.3. The number of esters is 1. The average molecular weight is 779 g/mol. The lowest BCUT2D eigenvalue weighted by molar-refractivity contribution is -0.383. The van der Waals surface area contributed by atoms with Crippen molar-refractivity contribution in [3.8, 4) is 0 Å². The van der Waals surface area contributed by atoms with Gasteiger partial charge in [-0.1, -0.05) is 104 Å². The van der Waals surface area contributed by atoms with Crippen LogP contribution in [0.4, 0.5) is 0 Å². The molecule has 0 aromatic heterocycles. The highest BCUT2D eigenvalue weighted by Crippen LogP contribution is 2.37. The van der Waals surface area contributed by atoms with Gasteiger partial charge in [0.15, 0.2) is 6.29 Å². The van der Waals surface area contributed by atoms with Crippen LogP contribution in [0, 0.1) is 5.41 Å². The molecule has 318 valence electrons. The van der Waals surface area contributed by atoms with Crippen molar-refractivity contribution < 1.29 is 69.4 Å². The SMILES string of the molecule is CC(C)(C)CCCCCC(=O)O.CCCCCCCC/C=C\CCCCCCCC(=O)OC[C@@]1(O[C@H]2O[C@H](CO)[C@@H](O)[C@H](O)[C@H]2O)O[C@H](CO)[C@@H](O)[C@@H]1O. The fourth-order valence-electron chi connectivity index (χ4n) is 6.32. The van der Waals surface area contributed by atoms with Gasteiger partial charge >= 0.3 is 11.9 Å². The predicted octanol–water partition coefficient (Wildman–Crippen LogP) is 4.26. The minimum Gasteiger partial charge on any atom is -0.481 e. The van der Waals surface area contributed by atoms with Crippen molar-refractivity contribution in [2.75, 3.05) is 19.8 Å². The molecule has 0 radical (unpaired) electrons. The van der Waals surface area contributed by atoms with Crippen molar-refractivity contribution in [2.24, 2.45) is 5.41 Å². The molecule has 0 aromatic rings. The minimum atomic E-state index is -2.25. The number of hydrogen-bond donors (Lipinski definition) is 8. The summed E-state index contributed by atoms with van der Waals surface area (Å²) in [6.45, 7) is 6.75. The minimum absolute atomic E-state index is 0.108. The molecule has 0 amide bonds. The lowest BCUT2D eigenvalue weighted by atomic mass is 9.89. The Morgan fingerprint density at radius 3 is 1.76 bits per heavy atom. The molecule has 2 heterocycles. The zero-order valence-corrected chi connectivity index (χ0v) is 33.4. The van der Waals surface area contributed by atoms with Gasteiger partial charge in [-0.3, -0.25) is 9.59 Å². The van der Waals surface area contributed by atoms with Crippen LogP contribution in [0.15, 0.2) is 12.2 Å². The Morgan fingerprint density at radius 2 is 1.22 bits per heavy atom. The van der Waals surface area contributed by atoms with Crippen LogP contribution in [0.25, 0.3) is 0 Å². The van der Waals surface area contributed by atoms with Crippen LogP contribution in [0.2, 0.25) is 0 Å². The van der Waals surface area contributed by atoms with Gasteiger partial charge in [0, 0.05) is 12.8 Å². The van der Waals surface area contributed by atoms with Crippen molar-refractivity contribution in [1.29, 1.82) is 0 Å². The zero-order chi connectivity index (χ0) is 40.6. The number of carboxylic acids is 1. The first-order valence-corrected chi connectivity index (χ1v) is 20.3. The number of rotatable bonds is 26. The van der Waals surface area contributed by atoms with Gasteiger partial charge in [0.25, 0.3) is 0 Å². The quantitative estimate of drug-likeness (QED) is 0.0349. The monoisotopic (exact) mass is 779 g/mol. The lowest BCUT2D eigenvalue weighted by Crippen LogP contribution is -2.62. The summed E-state index contributed by atoms with van der Waals surface area (Å²) < 4.78 is 21.8. The Morgan fingerprint density at radius 1 is 0.685 bits per heavy atom. The number of unbranched alkanes of at least 4 members (excludes halogenated alkanes) is 13. The Hall–Kier alpha value is -1.72. The van der Waals surface area contributed by atoms with Crippen LogP contribution in [0.3, 0.4) is 0 Å². The van der Waals surface area contributed by atoms with Crippen molar-refractivity contribution >= 4 is 11.9 Å². The number of carboxylic acid groups (broad SMARTS) is 1. The molecule has 14 heteroatoms. The smallest absolute Gasteiger partial charge is 0.305 e. The Kier molecular flexibility index (Phi) is 25.9. The van der Waals surface area contributed by atoms with Crippen molar-refractivity contribution in [2.45, 2.75) is 204 Å². The average Bonchev–Trinajstić information content (AvgIpc) is 3.36. The van der Waals surface area contributed by atoms with E-state index in [1.54, 1.807) is 0 Å². The molecule has 14 nitrogen and oxygen atoms in total. The number of carbonyl (C=O) groups excluding carboxylic acids is 1. The largest absolute Gasteiger partial charge is 0.481 e. The van der Waals surface area contributed by atoms with Gasteiger partial charge in [-0.25, -0.2) is 0 Å². The molecule has 2 rings (SSSR count). The lowest BCUT2D eigenvalue weighted by Gasteiger charge is -2.43. The third-order valence-corrected chi connectivity index (χ3v) is 9.74. The summed E-state index contributed by atoms with van der Waals surface area (Å²) in [7, 11) is 0. The van der Waals surface area contributed by atoms with Crippen LogP contribution in [0.5, 0.6) is 0 Å². The summed E-state index contributed by atoms with van der Waals surface area (Å²) in [6.07, 6.45) is 10.8. The van der Waals surface area contributed by atoms with E-state index >= 15 is 0 Å². The molecule has 8 N–H and O–H groups in total. The summed E-state index contributed by atoms with van der Waals surface area (Å²) in [5.41, 5.74) is 0.392. The van der Waals surface area contributed by atoms with E-state index in [-0.39, 0.29) is 6.42 Å². The third kappa shape index (κ3) is 19.9. The van der Waals surface area contributed by atoms with Gasteiger partial charge in [0.05, 0.1) is 13.2 Å². The normalized spacial score (nSPS) is 28.6. The number of aliphatic carboxylic acids is 1. The second-order valence-corrected chi connectivity index (χ2v) is 15.9. The molecule has 0 spiro atoms. The van der Waals surface area contributed by atoms with Crippen LogP contribution >= 0.6 is 0 Å². The Labute approximate surface area is 322 Å². The van der Waals surface area contributed by atoms with E-state index in [9.17, 15) is 45.3 Å². The molecule has 0 aromatic carbocycles. The maximum atomic E-state index is 12.4. The van der Waals surface area contributed by atoms with E-state index < -0.39 is 86.6 Å². The van der Waals surface area contributed by atoms with Crippen LogP contribution in [0.1, 0.15) is 150 Å². The molecule has 2 saturated heterocycles. The number of ether oxygens (including phenoxy) is 4. The number of aliphatic hydroxyl groups excluding tert-OH is 7. The van der Waals surface area contributed by atoms with E-state index in [1.807, 2.05) is 0 Å². The number of allylic oxidation sites excluding steroid dienone is 2. The van der Waals surface area contributed by atoms with Crippen molar-refractivity contribution in [3.05, 3.63) is 12.2 Å². The predicted molar refractivity (Wildman–Crippen MR) is 202 cm³/mol. The Balaban J connectivity index is 0.00000104. The zero-order valence-electron chi connectivity index (χ0n) is 33.4. The highest BCUT2D eigenvalue weighted by atomic mass is 16.8. The second-order valence-electron chi connectivity index (χ2n) is 15.9. The molecule has 0 bridgehead atoms. The van der Waals surface area contributed by atoms with Gasteiger partial charge in [-0.15, -0.1) is 0 Å². The van der Waals surface area contributed by atoms with E-state index in [0.29, 0.717) is 18.3 Å². The van der Waals surface area contributed by atoms with Crippen LogP contribution in [-0.4, -0.2) is 127 Å². The molecule has 9 atom stereocenters. The van der Waals surface area contributed by atoms with Crippen molar-refractivity contribution in [3.63, 3.8) is 0 Å². The van der Waals surface area contributed by atoms with Gasteiger partial charge in [0.1, 0.15) is 49.3 Å².